The molecule has 4 rings (SSSR count). The van der Waals surface area contributed by atoms with Crippen LogP contribution in [0.25, 0.3) is 0 Å². The number of hydrogen-bond donors (Lipinski definition) is 1. The Morgan fingerprint density at radius 2 is 1.70 bits per heavy atom. The third kappa shape index (κ3) is 7.83. The molecule has 1 saturated carbocycles. The summed E-state index contributed by atoms with van der Waals surface area (Å²) in [6.45, 7) is 0. The summed E-state index contributed by atoms with van der Waals surface area (Å²) in [5.41, 5.74) is 0.116. The summed E-state index contributed by atoms with van der Waals surface area (Å²) < 4.78 is 58.5. The van der Waals surface area contributed by atoms with Crippen molar-refractivity contribution in [2.24, 2.45) is 5.92 Å². The van der Waals surface area contributed by atoms with E-state index in [1.165, 1.54) is 30.5 Å². The number of pyridine rings is 2. The largest absolute Gasteiger partial charge is 0.454 e. The number of nitrogens with one attached hydrogen (secondary N) is 1. The van der Waals surface area contributed by atoms with Crippen LogP contribution in [0.5, 0.6) is 11.5 Å². The maximum absolute atomic E-state index is 14.6. The number of ether oxygens (including phenoxy) is 1. The molecular weight excluding hydrogens is 490 g/mol. The zero-order valence-corrected chi connectivity index (χ0v) is 19.9. The number of aromatic nitrogens is 2. The first kappa shape index (κ1) is 26.2. The smallest absolute Gasteiger partial charge is 0.433 e. The Bertz CT molecular complexity index is 1280. The molecule has 1 fully saturated rings. The fourth-order valence-corrected chi connectivity index (χ4v) is 3.71. The number of rotatable bonds is 11. The normalized spacial score (nSPS) is 13.3. The van der Waals surface area contributed by atoms with Crippen LogP contribution >= 0.6 is 0 Å². The van der Waals surface area contributed by atoms with E-state index in [-0.39, 0.29) is 42.6 Å². The lowest BCUT2D eigenvalue weighted by molar-refractivity contribution is -0.141. The Morgan fingerprint density at radius 1 is 0.946 bits per heavy atom. The Kier molecular flexibility index (Phi) is 8.15. The summed E-state index contributed by atoms with van der Waals surface area (Å²) in [5.74, 6) is -0.0293. The Labute approximate surface area is 211 Å². The number of ketones is 1. The van der Waals surface area contributed by atoms with Crippen molar-refractivity contribution in [2.45, 2.75) is 51.1 Å². The summed E-state index contributed by atoms with van der Waals surface area (Å²) in [6.07, 6.45) is 1.27. The van der Waals surface area contributed by atoms with Gasteiger partial charge in [0.05, 0.1) is 0 Å². The Balaban J connectivity index is 1.23. The molecule has 2 aromatic heterocycles. The Morgan fingerprint density at radius 3 is 2.43 bits per heavy atom. The average molecular weight is 516 g/mol. The maximum atomic E-state index is 14.6. The number of halogens is 4. The molecule has 0 atom stereocenters. The van der Waals surface area contributed by atoms with E-state index in [4.69, 9.17) is 4.74 Å². The molecule has 3 aromatic rings. The molecule has 0 aliphatic heterocycles. The lowest BCUT2D eigenvalue weighted by atomic mass is 10.0. The van der Waals surface area contributed by atoms with Crippen molar-refractivity contribution < 1.29 is 31.9 Å². The highest BCUT2D eigenvalue weighted by molar-refractivity contribution is 5.93. The van der Waals surface area contributed by atoms with Crippen LogP contribution in [0.15, 0.2) is 54.9 Å². The quantitative estimate of drug-likeness (QED) is 0.303. The Hall–Kier alpha value is -3.82. The molecule has 1 aliphatic carbocycles. The predicted octanol–water partition coefficient (Wildman–Crippen LogP) is 6.30. The minimum Gasteiger partial charge on any atom is -0.454 e. The predicted molar refractivity (Wildman–Crippen MR) is 128 cm³/mol. The van der Waals surface area contributed by atoms with Crippen LogP contribution in [0.1, 0.15) is 48.9 Å². The van der Waals surface area contributed by atoms with E-state index < -0.39 is 17.7 Å². The number of anilines is 1. The zero-order valence-electron chi connectivity index (χ0n) is 19.9. The summed E-state index contributed by atoms with van der Waals surface area (Å²) in [7, 11) is 0. The van der Waals surface area contributed by atoms with E-state index in [1.807, 2.05) is 0 Å². The van der Waals surface area contributed by atoms with Crippen LogP contribution in [0, 0.1) is 11.7 Å². The van der Waals surface area contributed by atoms with Crippen molar-refractivity contribution in [3.63, 3.8) is 0 Å². The first-order chi connectivity index (χ1) is 17.7. The van der Waals surface area contributed by atoms with Crippen LogP contribution in [0.4, 0.5) is 23.4 Å². The number of aryl methyl sites for hydroxylation is 2. The first-order valence-corrected chi connectivity index (χ1v) is 11.9. The van der Waals surface area contributed by atoms with Gasteiger partial charge in [-0.2, -0.15) is 13.2 Å². The monoisotopic (exact) mass is 515 g/mol. The third-order valence-electron chi connectivity index (χ3n) is 5.88. The summed E-state index contributed by atoms with van der Waals surface area (Å²) in [5, 5.41) is 2.71. The highest BCUT2D eigenvalue weighted by atomic mass is 19.4. The molecule has 10 heteroatoms. The van der Waals surface area contributed by atoms with Gasteiger partial charge in [0.1, 0.15) is 23.0 Å². The van der Waals surface area contributed by atoms with E-state index in [9.17, 15) is 27.2 Å². The second-order valence-corrected chi connectivity index (χ2v) is 8.95. The van der Waals surface area contributed by atoms with Gasteiger partial charge in [0.25, 0.3) is 0 Å². The molecule has 1 aliphatic rings. The van der Waals surface area contributed by atoms with Gasteiger partial charge in [-0.15, -0.1) is 0 Å². The molecule has 1 amide bonds. The fourth-order valence-electron chi connectivity index (χ4n) is 3.71. The van der Waals surface area contributed by atoms with Crippen LogP contribution in [-0.2, 0) is 28.6 Å². The minimum absolute atomic E-state index is 0.0149. The van der Waals surface area contributed by atoms with Gasteiger partial charge in [0.2, 0.25) is 5.91 Å². The van der Waals surface area contributed by atoms with Gasteiger partial charge in [-0.05, 0) is 73.6 Å². The van der Waals surface area contributed by atoms with Gasteiger partial charge in [-0.3, -0.25) is 14.6 Å². The topological polar surface area (TPSA) is 81.2 Å². The molecule has 2 heterocycles. The molecule has 0 radical (unpaired) electrons. The minimum atomic E-state index is -4.52. The number of amides is 1. The molecule has 37 heavy (non-hydrogen) atoms. The lowest BCUT2D eigenvalue weighted by Crippen LogP contribution is -2.14. The van der Waals surface area contributed by atoms with Crippen molar-refractivity contribution in [2.75, 3.05) is 5.32 Å². The molecule has 0 saturated heterocycles. The van der Waals surface area contributed by atoms with Crippen LogP contribution in [0.3, 0.4) is 0 Å². The molecule has 0 unspecified atom stereocenters. The SMILES string of the molecule is O=C(CCCc1ccc(Oc2ccnc(NC(=O)C3CC3)c2)c(F)c1)CCc1ccnc(C(F)(F)F)c1. The van der Waals surface area contributed by atoms with Crippen molar-refractivity contribution in [3.8, 4) is 11.5 Å². The molecule has 1 aromatic carbocycles. The first-order valence-electron chi connectivity index (χ1n) is 11.9. The summed E-state index contributed by atoms with van der Waals surface area (Å²) in [6, 6.07) is 10.0. The number of benzene rings is 1. The molecule has 1 N–H and O–H groups in total. The molecule has 194 valence electrons. The fraction of sp³-hybridized carbons (Fsp3) is 0.333. The van der Waals surface area contributed by atoms with Crippen LogP contribution in [0.2, 0.25) is 0 Å². The van der Waals surface area contributed by atoms with Crippen molar-refractivity contribution in [1.82, 2.24) is 9.97 Å². The van der Waals surface area contributed by atoms with Crippen molar-refractivity contribution in [3.05, 3.63) is 77.5 Å². The van der Waals surface area contributed by atoms with E-state index in [2.05, 4.69) is 15.3 Å². The van der Waals surface area contributed by atoms with Gasteiger partial charge in [-0.25, -0.2) is 9.37 Å². The third-order valence-corrected chi connectivity index (χ3v) is 5.88. The maximum Gasteiger partial charge on any atom is 0.433 e. The van der Waals surface area contributed by atoms with E-state index in [1.54, 1.807) is 12.1 Å². The molecule has 6 nitrogen and oxygen atoms in total. The summed E-state index contributed by atoms with van der Waals surface area (Å²) in [4.78, 5) is 31.5. The standard InChI is InChI=1S/C27H25F4N3O3/c28-22-14-17(2-1-3-20(35)8-4-18-10-12-32-24(15-18)27(29,30)31)5-9-23(22)37-21-11-13-33-25(16-21)34-26(36)19-6-7-19/h5,9-16,19H,1-4,6-8H2,(H,33,34,36). The van der Waals surface area contributed by atoms with Crippen molar-refractivity contribution in [1.29, 1.82) is 0 Å². The molecule has 0 spiro atoms. The van der Waals surface area contributed by atoms with E-state index in [0.717, 1.165) is 25.1 Å². The second-order valence-electron chi connectivity index (χ2n) is 8.95. The second kappa shape index (κ2) is 11.5. The van der Waals surface area contributed by atoms with Gasteiger partial charge < -0.3 is 10.1 Å². The van der Waals surface area contributed by atoms with Crippen LogP contribution in [-0.4, -0.2) is 21.7 Å². The molecular formula is C27H25F4N3O3. The highest BCUT2D eigenvalue weighted by Crippen LogP contribution is 2.31. The number of nitrogens with zero attached hydrogens (tertiary/aromatic N) is 2. The van der Waals surface area contributed by atoms with Crippen molar-refractivity contribution >= 4 is 17.5 Å². The number of carbonyl (C=O) groups is 2. The van der Waals surface area contributed by atoms with Crippen LogP contribution < -0.4 is 10.1 Å². The van der Waals surface area contributed by atoms with Gasteiger partial charge in [0.15, 0.2) is 11.6 Å². The molecule has 0 bridgehead atoms. The van der Waals surface area contributed by atoms with E-state index >= 15 is 0 Å². The van der Waals surface area contributed by atoms with Gasteiger partial charge >= 0.3 is 6.18 Å². The van der Waals surface area contributed by atoms with Gasteiger partial charge in [0, 0.05) is 37.2 Å². The summed E-state index contributed by atoms with van der Waals surface area (Å²) >= 11 is 0. The van der Waals surface area contributed by atoms with Gasteiger partial charge in [-0.1, -0.05) is 6.07 Å². The van der Waals surface area contributed by atoms with E-state index in [0.29, 0.717) is 35.5 Å². The number of hydrogen-bond acceptors (Lipinski definition) is 5. The average Bonchev–Trinajstić information content (AvgIpc) is 3.70. The zero-order chi connectivity index (χ0) is 26.4. The lowest BCUT2D eigenvalue weighted by Gasteiger charge is -2.10. The number of Topliss-reactive ketones (excluding diaryl/α,β-unsaturated/α-hetero) is 1. The highest BCUT2D eigenvalue weighted by Gasteiger charge is 2.32. The number of carbonyl (C=O) groups excluding carboxylic acids is 2. The number of alkyl halides is 3.